The third-order valence-corrected chi connectivity index (χ3v) is 3.71. The molecule has 3 aromatic rings. The van der Waals surface area contributed by atoms with Crippen LogP contribution in [0.3, 0.4) is 0 Å². The van der Waals surface area contributed by atoms with Gasteiger partial charge >= 0.3 is 6.01 Å². The van der Waals surface area contributed by atoms with E-state index in [4.69, 9.17) is 13.9 Å². The molecule has 2 aromatic heterocycles. The van der Waals surface area contributed by atoms with Gasteiger partial charge in [-0.1, -0.05) is 35.5 Å². The fourth-order valence-corrected chi connectivity index (χ4v) is 2.47. The maximum Gasteiger partial charge on any atom is 0.322 e. The van der Waals surface area contributed by atoms with Crippen molar-refractivity contribution in [2.45, 2.75) is 6.54 Å². The van der Waals surface area contributed by atoms with Crippen molar-refractivity contribution in [1.82, 2.24) is 20.5 Å². The van der Waals surface area contributed by atoms with Crippen LogP contribution in [0.2, 0.25) is 0 Å². The number of hydrogen-bond donors (Lipinski definition) is 1. The number of rotatable bonds is 5. The van der Waals surface area contributed by atoms with E-state index in [2.05, 4.69) is 25.8 Å². The van der Waals surface area contributed by atoms with Crippen LogP contribution in [-0.4, -0.2) is 46.8 Å². The zero-order chi connectivity index (χ0) is 16.2. The molecule has 9 nitrogen and oxygen atoms in total. The molecule has 0 radical (unpaired) electrons. The van der Waals surface area contributed by atoms with E-state index in [0.717, 1.165) is 18.7 Å². The Bertz CT molecular complexity index is 781. The van der Waals surface area contributed by atoms with Crippen LogP contribution in [-0.2, 0) is 11.3 Å². The number of ether oxygens (including phenoxy) is 1. The Balaban J connectivity index is 1.48. The van der Waals surface area contributed by atoms with E-state index in [1.165, 1.54) is 0 Å². The Morgan fingerprint density at radius 2 is 1.88 bits per heavy atom. The number of benzene rings is 1. The average molecular weight is 328 g/mol. The molecule has 1 aliphatic heterocycles. The Morgan fingerprint density at radius 3 is 2.71 bits per heavy atom. The van der Waals surface area contributed by atoms with Crippen LogP contribution in [0.5, 0.6) is 0 Å². The second-order valence-corrected chi connectivity index (χ2v) is 5.30. The normalized spacial score (nSPS) is 14.8. The first-order valence-corrected chi connectivity index (χ1v) is 7.67. The fourth-order valence-electron chi connectivity index (χ4n) is 2.47. The van der Waals surface area contributed by atoms with Gasteiger partial charge in [-0.05, 0) is 15.9 Å². The van der Waals surface area contributed by atoms with Crippen molar-refractivity contribution in [2.75, 3.05) is 36.5 Å². The van der Waals surface area contributed by atoms with Crippen LogP contribution >= 0.6 is 0 Å². The molecule has 1 fully saturated rings. The lowest BCUT2D eigenvalue weighted by molar-refractivity contribution is 0.122. The topological polar surface area (TPSA) is 102 Å². The minimum Gasteiger partial charge on any atom is -0.378 e. The summed E-state index contributed by atoms with van der Waals surface area (Å²) in [4.78, 5) is 6.34. The molecular formula is C15H16N6O3. The molecule has 1 saturated heterocycles. The summed E-state index contributed by atoms with van der Waals surface area (Å²) in [7, 11) is 0. The van der Waals surface area contributed by atoms with Crippen molar-refractivity contribution in [2.24, 2.45) is 0 Å². The van der Waals surface area contributed by atoms with Gasteiger partial charge in [-0.3, -0.25) is 0 Å². The van der Waals surface area contributed by atoms with Crippen LogP contribution < -0.4 is 10.2 Å². The summed E-state index contributed by atoms with van der Waals surface area (Å²) in [6, 6.07) is 10.3. The van der Waals surface area contributed by atoms with Crippen molar-refractivity contribution >= 4 is 11.8 Å². The highest BCUT2D eigenvalue weighted by molar-refractivity contribution is 5.66. The SMILES string of the molecule is c1ccc(CNc2nc(-c3nonc3N3CCOCC3)no2)cc1. The molecule has 0 aliphatic carbocycles. The Labute approximate surface area is 137 Å². The molecule has 1 N–H and O–H groups in total. The summed E-state index contributed by atoms with van der Waals surface area (Å²) in [6.45, 7) is 3.32. The highest BCUT2D eigenvalue weighted by Gasteiger charge is 2.24. The molecule has 1 aromatic carbocycles. The molecule has 0 unspecified atom stereocenters. The number of aromatic nitrogens is 4. The lowest BCUT2D eigenvalue weighted by Crippen LogP contribution is -2.36. The number of nitrogens with one attached hydrogen (secondary N) is 1. The van der Waals surface area contributed by atoms with E-state index >= 15 is 0 Å². The molecule has 0 bridgehead atoms. The lowest BCUT2D eigenvalue weighted by Gasteiger charge is -2.26. The van der Waals surface area contributed by atoms with E-state index in [1.807, 2.05) is 35.2 Å². The maximum atomic E-state index is 5.34. The van der Waals surface area contributed by atoms with Gasteiger partial charge in [0.25, 0.3) is 0 Å². The van der Waals surface area contributed by atoms with Gasteiger partial charge in [-0.2, -0.15) is 4.98 Å². The molecule has 0 atom stereocenters. The van der Waals surface area contributed by atoms with Gasteiger partial charge in [-0.15, -0.1) is 0 Å². The largest absolute Gasteiger partial charge is 0.378 e. The maximum absolute atomic E-state index is 5.34. The summed E-state index contributed by atoms with van der Waals surface area (Å²) in [5.74, 6) is 0.946. The van der Waals surface area contributed by atoms with Gasteiger partial charge in [0.1, 0.15) is 0 Å². The van der Waals surface area contributed by atoms with E-state index in [9.17, 15) is 0 Å². The Morgan fingerprint density at radius 1 is 1.04 bits per heavy atom. The van der Waals surface area contributed by atoms with E-state index in [1.54, 1.807) is 0 Å². The van der Waals surface area contributed by atoms with Crippen LogP contribution in [0.25, 0.3) is 11.5 Å². The van der Waals surface area contributed by atoms with Crippen molar-refractivity contribution in [3.05, 3.63) is 35.9 Å². The van der Waals surface area contributed by atoms with Crippen LogP contribution in [0.15, 0.2) is 39.5 Å². The minimum absolute atomic E-state index is 0.324. The van der Waals surface area contributed by atoms with E-state index in [0.29, 0.717) is 43.1 Å². The molecule has 9 heteroatoms. The summed E-state index contributed by atoms with van der Waals surface area (Å²) in [5, 5.41) is 14.9. The second kappa shape index (κ2) is 6.67. The van der Waals surface area contributed by atoms with Gasteiger partial charge in [0.2, 0.25) is 11.6 Å². The van der Waals surface area contributed by atoms with Gasteiger partial charge in [0.15, 0.2) is 5.69 Å². The average Bonchev–Trinajstić information content (AvgIpc) is 3.31. The fraction of sp³-hybridized carbons (Fsp3) is 0.333. The zero-order valence-electron chi connectivity index (χ0n) is 12.9. The van der Waals surface area contributed by atoms with Crippen LogP contribution in [0, 0.1) is 0 Å². The van der Waals surface area contributed by atoms with Crippen molar-refractivity contribution in [3.63, 3.8) is 0 Å². The Hall–Kier alpha value is -2.94. The van der Waals surface area contributed by atoms with Crippen LogP contribution in [0.4, 0.5) is 11.8 Å². The first-order chi connectivity index (χ1) is 11.9. The van der Waals surface area contributed by atoms with Crippen molar-refractivity contribution < 1.29 is 13.9 Å². The summed E-state index contributed by atoms with van der Waals surface area (Å²) >= 11 is 0. The van der Waals surface area contributed by atoms with Gasteiger partial charge in [0.05, 0.1) is 13.2 Å². The van der Waals surface area contributed by atoms with E-state index < -0.39 is 0 Å². The third-order valence-electron chi connectivity index (χ3n) is 3.71. The second-order valence-electron chi connectivity index (χ2n) is 5.30. The molecule has 0 spiro atoms. The number of anilines is 2. The van der Waals surface area contributed by atoms with Crippen molar-refractivity contribution in [3.8, 4) is 11.5 Å². The van der Waals surface area contributed by atoms with Crippen LogP contribution in [0.1, 0.15) is 5.56 Å². The van der Waals surface area contributed by atoms with E-state index in [-0.39, 0.29) is 0 Å². The molecule has 124 valence electrons. The number of morpholine rings is 1. The molecule has 24 heavy (non-hydrogen) atoms. The summed E-state index contributed by atoms with van der Waals surface area (Å²) in [6.07, 6.45) is 0. The zero-order valence-corrected chi connectivity index (χ0v) is 12.9. The first-order valence-electron chi connectivity index (χ1n) is 7.67. The quantitative estimate of drug-likeness (QED) is 0.747. The Kier molecular flexibility index (Phi) is 4.07. The van der Waals surface area contributed by atoms with Gasteiger partial charge < -0.3 is 19.5 Å². The smallest absolute Gasteiger partial charge is 0.322 e. The predicted octanol–water partition coefficient (Wildman–Crippen LogP) is 1.57. The highest BCUT2D eigenvalue weighted by atomic mass is 16.6. The molecule has 0 saturated carbocycles. The first kappa shape index (κ1) is 14.6. The van der Waals surface area contributed by atoms with Gasteiger partial charge in [-0.25, -0.2) is 4.63 Å². The molecule has 3 heterocycles. The monoisotopic (exact) mass is 328 g/mol. The third kappa shape index (κ3) is 3.06. The summed E-state index contributed by atoms with van der Waals surface area (Å²) in [5.41, 5.74) is 1.59. The predicted molar refractivity (Wildman–Crippen MR) is 84.4 cm³/mol. The summed E-state index contributed by atoms with van der Waals surface area (Å²) < 4.78 is 15.4. The van der Waals surface area contributed by atoms with Crippen molar-refractivity contribution in [1.29, 1.82) is 0 Å². The minimum atomic E-state index is 0.324. The molecule has 4 rings (SSSR count). The molecular weight excluding hydrogens is 312 g/mol. The number of nitrogens with zero attached hydrogens (tertiary/aromatic N) is 5. The molecule has 0 amide bonds. The molecule has 1 aliphatic rings. The number of hydrogen-bond acceptors (Lipinski definition) is 9. The lowest BCUT2D eigenvalue weighted by atomic mass is 10.2. The standard InChI is InChI=1S/C15H16N6O3/c1-2-4-11(5-3-1)10-16-15-17-13(19-23-15)12-14(20-24-18-12)21-6-8-22-9-7-21/h1-5H,6-10H2,(H,16,17,19). The highest BCUT2D eigenvalue weighted by Crippen LogP contribution is 2.26. The van der Waals surface area contributed by atoms with Gasteiger partial charge in [0, 0.05) is 19.6 Å².